The first-order chi connectivity index (χ1) is 13.1. The molecule has 3 aromatic heterocycles. The highest BCUT2D eigenvalue weighted by atomic mass is 35.5. The minimum Gasteiger partial charge on any atom is -0.432 e. The first-order valence-corrected chi connectivity index (χ1v) is 8.55. The van der Waals surface area contributed by atoms with Crippen LogP contribution in [0.5, 0.6) is 0 Å². The zero-order valence-electron chi connectivity index (χ0n) is 14.2. The van der Waals surface area contributed by atoms with Crippen molar-refractivity contribution in [1.82, 2.24) is 19.9 Å². The number of pyridine rings is 1. The van der Waals surface area contributed by atoms with E-state index in [1.165, 1.54) is 12.5 Å². The summed E-state index contributed by atoms with van der Waals surface area (Å²) in [4.78, 5) is 27.8. The number of hydrogen-bond acceptors (Lipinski definition) is 7. The molecule has 0 saturated carbocycles. The number of anilines is 3. The first-order valence-electron chi connectivity index (χ1n) is 8.17. The Balaban J connectivity index is 1.58. The van der Waals surface area contributed by atoms with E-state index < -0.39 is 0 Å². The lowest BCUT2D eigenvalue weighted by atomic mass is 10.1. The van der Waals surface area contributed by atoms with E-state index in [1.807, 2.05) is 13.0 Å². The van der Waals surface area contributed by atoms with Crippen LogP contribution in [-0.2, 0) is 0 Å². The van der Waals surface area contributed by atoms with Gasteiger partial charge < -0.3 is 14.7 Å². The fourth-order valence-corrected chi connectivity index (χ4v) is 2.86. The van der Waals surface area contributed by atoms with E-state index in [2.05, 4.69) is 30.6 Å². The minimum absolute atomic E-state index is 0.182. The quantitative estimate of drug-likeness (QED) is 0.480. The molecule has 3 N–H and O–H groups in total. The molecule has 0 aliphatic heterocycles. The van der Waals surface area contributed by atoms with Crippen molar-refractivity contribution in [3.8, 4) is 0 Å². The van der Waals surface area contributed by atoms with E-state index in [0.717, 1.165) is 10.9 Å². The van der Waals surface area contributed by atoms with Crippen LogP contribution >= 0.6 is 11.6 Å². The van der Waals surface area contributed by atoms with Gasteiger partial charge in [0.1, 0.15) is 12.1 Å². The SMILES string of the molecule is CC(Nc1nccc(Nc2ncco2)n1)c1cc2cc(Cl)ccc2[nH]c1=O. The van der Waals surface area contributed by atoms with E-state index in [-0.39, 0.29) is 11.6 Å². The van der Waals surface area contributed by atoms with Crippen LogP contribution in [-0.4, -0.2) is 19.9 Å². The Hall–Kier alpha value is -3.39. The number of oxazole rings is 1. The van der Waals surface area contributed by atoms with E-state index in [0.29, 0.717) is 28.4 Å². The van der Waals surface area contributed by atoms with Gasteiger partial charge in [-0.2, -0.15) is 4.98 Å². The van der Waals surface area contributed by atoms with Gasteiger partial charge >= 0.3 is 0 Å². The number of H-pyrrole nitrogens is 1. The predicted octanol–water partition coefficient (Wildman–Crippen LogP) is 3.88. The molecule has 1 atom stereocenters. The van der Waals surface area contributed by atoms with Crippen LogP contribution in [0, 0.1) is 0 Å². The maximum Gasteiger partial charge on any atom is 0.300 e. The molecule has 4 aromatic rings. The van der Waals surface area contributed by atoms with Crippen molar-refractivity contribution >= 4 is 40.3 Å². The summed E-state index contributed by atoms with van der Waals surface area (Å²) in [5.41, 5.74) is 1.10. The fourth-order valence-electron chi connectivity index (χ4n) is 2.68. The Bertz CT molecular complexity index is 1140. The molecule has 4 rings (SSSR count). The van der Waals surface area contributed by atoms with Gasteiger partial charge in [-0.25, -0.2) is 9.97 Å². The lowest BCUT2D eigenvalue weighted by molar-refractivity contribution is 0.577. The largest absolute Gasteiger partial charge is 0.432 e. The molecule has 8 nitrogen and oxygen atoms in total. The smallest absolute Gasteiger partial charge is 0.300 e. The summed E-state index contributed by atoms with van der Waals surface area (Å²) in [6.45, 7) is 1.86. The number of nitrogens with one attached hydrogen (secondary N) is 3. The van der Waals surface area contributed by atoms with Gasteiger partial charge in [-0.05, 0) is 37.3 Å². The molecule has 0 bridgehead atoms. The standard InChI is InChI=1S/C18H15ClN6O2/c1-10(13-9-11-8-12(19)2-3-14(11)23-16(13)26)22-17-20-5-4-15(24-17)25-18-21-6-7-27-18/h2-10H,1H3,(H,23,26)(H2,20,21,22,24,25). The second kappa shape index (κ2) is 7.08. The monoisotopic (exact) mass is 382 g/mol. The average molecular weight is 383 g/mol. The number of rotatable bonds is 5. The van der Waals surface area contributed by atoms with Crippen LogP contribution in [0.1, 0.15) is 18.5 Å². The fraction of sp³-hybridized carbons (Fsp3) is 0.111. The highest BCUT2D eigenvalue weighted by Crippen LogP contribution is 2.21. The number of benzene rings is 1. The van der Waals surface area contributed by atoms with Gasteiger partial charge in [-0.1, -0.05) is 11.6 Å². The molecule has 0 aliphatic carbocycles. The van der Waals surface area contributed by atoms with E-state index in [1.54, 1.807) is 30.5 Å². The predicted molar refractivity (Wildman–Crippen MR) is 103 cm³/mol. The van der Waals surface area contributed by atoms with Crippen LogP contribution in [0.2, 0.25) is 5.02 Å². The summed E-state index contributed by atoms with van der Waals surface area (Å²) in [6, 6.07) is 8.82. The molecule has 136 valence electrons. The second-order valence-electron chi connectivity index (χ2n) is 5.88. The summed E-state index contributed by atoms with van der Waals surface area (Å²) in [5.74, 6) is 0.881. The number of aromatic nitrogens is 4. The summed E-state index contributed by atoms with van der Waals surface area (Å²) < 4.78 is 5.13. The maximum atomic E-state index is 12.4. The van der Waals surface area contributed by atoms with Gasteiger partial charge in [0, 0.05) is 27.7 Å². The lowest BCUT2D eigenvalue weighted by Gasteiger charge is -2.14. The Labute approximate surface area is 158 Å². The molecule has 0 aliphatic rings. The molecule has 0 spiro atoms. The van der Waals surface area contributed by atoms with E-state index in [4.69, 9.17) is 16.0 Å². The van der Waals surface area contributed by atoms with Crippen molar-refractivity contribution in [2.24, 2.45) is 0 Å². The average Bonchev–Trinajstić information content (AvgIpc) is 3.14. The Morgan fingerprint density at radius 3 is 2.89 bits per heavy atom. The van der Waals surface area contributed by atoms with Crippen molar-refractivity contribution in [3.63, 3.8) is 0 Å². The van der Waals surface area contributed by atoms with Gasteiger partial charge in [0.25, 0.3) is 11.6 Å². The topological polar surface area (TPSA) is 109 Å². The molecule has 9 heteroatoms. The van der Waals surface area contributed by atoms with Crippen LogP contribution in [0.15, 0.2) is 58.2 Å². The van der Waals surface area contributed by atoms with E-state index in [9.17, 15) is 4.79 Å². The van der Waals surface area contributed by atoms with Crippen molar-refractivity contribution in [2.45, 2.75) is 13.0 Å². The third-order valence-corrected chi connectivity index (χ3v) is 4.21. The summed E-state index contributed by atoms with van der Waals surface area (Å²) in [5, 5.41) is 7.52. The van der Waals surface area contributed by atoms with Crippen LogP contribution in [0.3, 0.4) is 0 Å². The van der Waals surface area contributed by atoms with Gasteiger partial charge in [-0.15, -0.1) is 0 Å². The third-order valence-electron chi connectivity index (χ3n) is 3.97. The summed E-state index contributed by atoms with van der Waals surface area (Å²) in [6.07, 6.45) is 4.59. The minimum atomic E-state index is -0.325. The number of halogens is 1. The number of nitrogens with zero attached hydrogens (tertiary/aromatic N) is 3. The normalized spacial score (nSPS) is 12.1. The van der Waals surface area contributed by atoms with Crippen molar-refractivity contribution in [1.29, 1.82) is 0 Å². The van der Waals surface area contributed by atoms with Gasteiger partial charge in [0.15, 0.2) is 0 Å². The summed E-state index contributed by atoms with van der Waals surface area (Å²) in [7, 11) is 0. The van der Waals surface area contributed by atoms with Crippen LogP contribution in [0.25, 0.3) is 10.9 Å². The molecular weight excluding hydrogens is 368 g/mol. The maximum absolute atomic E-state index is 12.4. The molecule has 27 heavy (non-hydrogen) atoms. The Kier molecular flexibility index (Phi) is 4.47. The van der Waals surface area contributed by atoms with Gasteiger partial charge in [0.05, 0.1) is 12.2 Å². The second-order valence-corrected chi connectivity index (χ2v) is 6.32. The Morgan fingerprint density at radius 2 is 2.07 bits per heavy atom. The Morgan fingerprint density at radius 1 is 1.19 bits per heavy atom. The van der Waals surface area contributed by atoms with E-state index >= 15 is 0 Å². The van der Waals surface area contributed by atoms with Crippen LogP contribution in [0.4, 0.5) is 17.8 Å². The molecule has 0 fully saturated rings. The molecule has 0 radical (unpaired) electrons. The van der Waals surface area contributed by atoms with Gasteiger partial charge in [-0.3, -0.25) is 10.1 Å². The van der Waals surface area contributed by atoms with Crippen molar-refractivity contribution in [3.05, 3.63) is 69.9 Å². The first kappa shape index (κ1) is 17.0. The molecule has 1 unspecified atom stereocenters. The zero-order valence-corrected chi connectivity index (χ0v) is 15.0. The van der Waals surface area contributed by atoms with Crippen molar-refractivity contribution < 1.29 is 4.42 Å². The molecule has 3 heterocycles. The molecule has 1 aromatic carbocycles. The van der Waals surface area contributed by atoms with Crippen molar-refractivity contribution in [2.75, 3.05) is 10.6 Å². The molecule has 0 saturated heterocycles. The number of aromatic amines is 1. The van der Waals surface area contributed by atoms with Crippen LogP contribution < -0.4 is 16.2 Å². The third kappa shape index (κ3) is 3.75. The lowest BCUT2D eigenvalue weighted by Crippen LogP contribution is -2.20. The highest BCUT2D eigenvalue weighted by Gasteiger charge is 2.13. The number of fused-ring (bicyclic) bond motifs is 1. The highest BCUT2D eigenvalue weighted by molar-refractivity contribution is 6.31. The molecular formula is C18H15ClN6O2. The van der Waals surface area contributed by atoms with Gasteiger partial charge in [0.2, 0.25) is 5.95 Å². The summed E-state index contributed by atoms with van der Waals surface area (Å²) >= 11 is 6.05. The molecule has 0 amide bonds. The zero-order chi connectivity index (χ0) is 18.8. The number of hydrogen-bond donors (Lipinski definition) is 3.